The first-order chi connectivity index (χ1) is 11.1. The number of pyridine rings is 1. The number of rotatable bonds is 1. The van der Waals surface area contributed by atoms with Crippen molar-refractivity contribution >= 4 is 22.9 Å². The van der Waals surface area contributed by atoms with E-state index in [4.69, 9.17) is 16.3 Å². The van der Waals surface area contributed by atoms with Gasteiger partial charge in [-0.1, -0.05) is 11.6 Å². The first-order valence-corrected chi connectivity index (χ1v) is 9.36. The number of aromatic nitrogens is 1. The van der Waals surface area contributed by atoms with Crippen LogP contribution in [0.3, 0.4) is 0 Å². The third-order valence-electron chi connectivity index (χ3n) is 4.89. The molecule has 0 radical (unpaired) electrons. The molecule has 122 valence electrons. The maximum atomic E-state index is 6.38. The van der Waals surface area contributed by atoms with Crippen LogP contribution in [0.4, 0.5) is 0 Å². The van der Waals surface area contributed by atoms with E-state index in [1.807, 2.05) is 12.3 Å². The molecule has 1 fully saturated rings. The number of hydrogen-bond acceptors (Lipinski definition) is 4. The summed E-state index contributed by atoms with van der Waals surface area (Å²) in [5.74, 6) is 0. The molecule has 23 heavy (non-hydrogen) atoms. The van der Waals surface area contributed by atoms with Crippen molar-refractivity contribution in [2.45, 2.75) is 50.8 Å². The number of nitrogens with one attached hydrogen (secondary N) is 1. The molecule has 2 aliphatic rings. The standard InChI is InChI=1S/C18H21ClN2OS/c1-11-3-5-20-14(7-11)15-10-18(9-12(2)21-15)17-13(4-6-22-18)8-16(19)23-17/h3,5,7-8,12,15,21H,4,6,9-10H2,1-2H3. The van der Waals surface area contributed by atoms with Crippen molar-refractivity contribution in [3.05, 3.63) is 50.4 Å². The highest BCUT2D eigenvalue weighted by atomic mass is 35.5. The van der Waals surface area contributed by atoms with Gasteiger partial charge >= 0.3 is 0 Å². The molecule has 3 nitrogen and oxygen atoms in total. The minimum absolute atomic E-state index is 0.213. The third kappa shape index (κ3) is 2.82. The number of piperidine rings is 1. The van der Waals surface area contributed by atoms with Crippen LogP contribution in [0.15, 0.2) is 24.4 Å². The zero-order valence-electron chi connectivity index (χ0n) is 13.4. The summed E-state index contributed by atoms with van der Waals surface area (Å²) >= 11 is 7.99. The van der Waals surface area contributed by atoms with E-state index in [-0.39, 0.29) is 11.6 Å². The number of nitrogens with zero attached hydrogens (tertiary/aromatic N) is 1. The van der Waals surface area contributed by atoms with Gasteiger partial charge in [-0.25, -0.2) is 0 Å². The van der Waals surface area contributed by atoms with E-state index < -0.39 is 0 Å². The second-order valence-electron chi connectivity index (χ2n) is 6.78. The summed E-state index contributed by atoms with van der Waals surface area (Å²) < 4.78 is 7.25. The molecule has 0 aliphatic carbocycles. The summed E-state index contributed by atoms with van der Waals surface area (Å²) in [6.45, 7) is 5.12. The fraction of sp³-hybridized carbons (Fsp3) is 0.500. The van der Waals surface area contributed by atoms with Crippen LogP contribution in [-0.4, -0.2) is 17.6 Å². The molecule has 0 amide bonds. The van der Waals surface area contributed by atoms with E-state index in [1.165, 1.54) is 16.0 Å². The van der Waals surface area contributed by atoms with Crippen molar-refractivity contribution in [1.82, 2.24) is 10.3 Å². The average molecular weight is 349 g/mol. The number of ether oxygens (including phenoxy) is 1. The molecule has 0 saturated carbocycles. The fourth-order valence-corrected chi connectivity index (χ4v) is 5.46. The summed E-state index contributed by atoms with van der Waals surface area (Å²) in [6, 6.07) is 6.93. The van der Waals surface area contributed by atoms with Gasteiger partial charge in [0.15, 0.2) is 0 Å². The Balaban J connectivity index is 1.73. The molecule has 3 unspecified atom stereocenters. The largest absolute Gasteiger partial charge is 0.369 e. The Hall–Kier alpha value is -0.940. The second kappa shape index (κ2) is 5.85. The van der Waals surface area contributed by atoms with Crippen LogP contribution in [0.2, 0.25) is 4.34 Å². The summed E-state index contributed by atoms with van der Waals surface area (Å²) in [6.07, 6.45) is 4.76. The van der Waals surface area contributed by atoms with E-state index >= 15 is 0 Å². The van der Waals surface area contributed by atoms with Crippen molar-refractivity contribution in [2.24, 2.45) is 0 Å². The maximum absolute atomic E-state index is 6.38. The number of hydrogen-bond donors (Lipinski definition) is 1. The molecular weight excluding hydrogens is 328 g/mol. The van der Waals surface area contributed by atoms with Crippen molar-refractivity contribution in [3.8, 4) is 0 Å². The number of thiophene rings is 1. The Labute approximate surface area is 146 Å². The molecule has 2 aromatic rings. The van der Waals surface area contributed by atoms with Crippen molar-refractivity contribution in [3.63, 3.8) is 0 Å². The lowest BCUT2D eigenvalue weighted by Crippen LogP contribution is -2.49. The van der Waals surface area contributed by atoms with Crippen LogP contribution >= 0.6 is 22.9 Å². The molecule has 2 aromatic heterocycles. The lowest BCUT2D eigenvalue weighted by atomic mass is 9.79. The molecule has 4 heterocycles. The highest BCUT2D eigenvalue weighted by Crippen LogP contribution is 2.49. The second-order valence-corrected chi connectivity index (χ2v) is 8.47. The summed E-state index contributed by atoms with van der Waals surface area (Å²) in [5, 5.41) is 3.70. The van der Waals surface area contributed by atoms with E-state index in [0.717, 1.165) is 35.9 Å². The SMILES string of the molecule is Cc1ccnc(C2CC3(CC(C)N2)OCCc2cc(Cl)sc23)c1. The molecule has 1 N–H and O–H groups in total. The lowest BCUT2D eigenvalue weighted by Gasteiger charge is -2.46. The predicted molar refractivity (Wildman–Crippen MR) is 94.2 cm³/mol. The van der Waals surface area contributed by atoms with Crippen LogP contribution < -0.4 is 5.32 Å². The molecule has 5 heteroatoms. The van der Waals surface area contributed by atoms with Crippen molar-refractivity contribution in [2.75, 3.05) is 6.61 Å². The Bertz CT molecular complexity index is 732. The molecular formula is C18H21ClN2OS. The van der Waals surface area contributed by atoms with E-state index in [9.17, 15) is 0 Å². The van der Waals surface area contributed by atoms with Crippen molar-refractivity contribution < 1.29 is 4.74 Å². The molecule has 0 bridgehead atoms. The van der Waals surface area contributed by atoms with Gasteiger partial charge in [-0.15, -0.1) is 11.3 Å². The zero-order chi connectivity index (χ0) is 16.0. The van der Waals surface area contributed by atoms with Crippen LogP contribution in [-0.2, 0) is 16.8 Å². The predicted octanol–water partition coefficient (Wildman–Crippen LogP) is 4.39. The van der Waals surface area contributed by atoms with Gasteiger partial charge in [-0.05, 0) is 56.0 Å². The van der Waals surface area contributed by atoms with Crippen LogP contribution in [0.5, 0.6) is 0 Å². The molecule has 0 aromatic carbocycles. The third-order valence-corrected chi connectivity index (χ3v) is 6.38. The quantitative estimate of drug-likeness (QED) is 0.830. The number of halogens is 1. The Morgan fingerprint density at radius 1 is 1.39 bits per heavy atom. The Kier molecular flexibility index (Phi) is 3.96. The number of aryl methyl sites for hydroxylation is 1. The van der Waals surface area contributed by atoms with Gasteiger partial charge in [0.05, 0.1) is 22.7 Å². The minimum atomic E-state index is -0.216. The fourth-order valence-electron chi connectivity index (χ4n) is 4.00. The highest BCUT2D eigenvalue weighted by Gasteiger charge is 2.46. The molecule has 1 spiro atoms. The van der Waals surface area contributed by atoms with E-state index in [2.05, 4.69) is 36.3 Å². The van der Waals surface area contributed by atoms with E-state index in [1.54, 1.807) is 11.3 Å². The van der Waals surface area contributed by atoms with Gasteiger partial charge in [0.25, 0.3) is 0 Å². The highest BCUT2D eigenvalue weighted by molar-refractivity contribution is 7.16. The average Bonchev–Trinajstić information content (AvgIpc) is 2.89. The van der Waals surface area contributed by atoms with Gasteiger partial charge in [0.2, 0.25) is 0 Å². The molecule has 1 saturated heterocycles. The summed E-state index contributed by atoms with van der Waals surface area (Å²) in [5.41, 5.74) is 3.51. The normalized spacial score (nSPS) is 30.4. The number of fused-ring (bicyclic) bond motifs is 2. The van der Waals surface area contributed by atoms with Gasteiger partial charge < -0.3 is 10.1 Å². The van der Waals surface area contributed by atoms with Gasteiger partial charge in [-0.3, -0.25) is 4.98 Å². The zero-order valence-corrected chi connectivity index (χ0v) is 15.0. The topological polar surface area (TPSA) is 34.2 Å². The Morgan fingerprint density at radius 3 is 3.09 bits per heavy atom. The Morgan fingerprint density at radius 2 is 2.26 bits per heavy atom. The van der Waals surface area contributed by atoms with Gasteiger partial charge in [0, 0.05) is 23.5 Å². The van der Waals surface area contributed by atoms with Crippen LogP contribution in [0.1, 0.15) is 47.5 Å². The summed E-state index contributed by atoms with van der Waals surface area (Å²) in [4.78, 5) is 5.93. The van der Waals surface area contributed by atoms with Crippen molar-refractivity contribution in [1.29, 1.82) is 0 Å². The first-order valence-electron chi connectivity index (χ1n) is 8.17. The molecule has 4 rings (SSSR count). The van der Waals surface area contributed by atoms with E-state index in [0.29, 0.717) is 6.04 Å². The first kappa shape index (κ1) is 15.6. The smallest absolute Gasteiger partial charge is 0.106 e. The van der Waals surface area contributed by atoms with Gasteiger partial charge in [-0.2, -0.15) is 0 Å². The molecule has 3 atom stereocenters. The summed E-state index contributed by atoms with van der Waals surface area (Å²) in [7, 11) is 0. The lowest BCUT2D eigenvalue weighted by molar-refractivity contribution is -0.0957. The monoisotopic (exact) mass is 348 g/mol. The van der Waals surface area contributed by atoms with Crippen LogP contribution in [0.25, 0.3) is 0 Å². The maximum Gasteiger partial charge on any atom is 0.106 e. The molecule has 2 aliphatic heterocycles. The minimum Gasteiger partial charge on any atom is -0.369 e. The van der Waals surface area contributed by atoms with Gasteiger partial charge in [0.1, 0.15) is 5.60 Å². The van der Waals surface area contributed by atoms with Crippen LogP contribution in [0, 0.1) is 6.92 Å².